The molecule has 0 aliphatic heterocycles. The molecule has 0 saturated heterocycles. The summed E-state index contributed by atoms with van der Waals surface area (Å²) in [5, 5.41) is 0.394. The highest BCUT2D eigenvalue weighted by Gasteiger charge is 2.12. The van der Waals surface area contributed by atoms with Gasteiger partial charge in [-0.2, -0.15) is 0 Å². The van der Waals surface area contributed by atoms with Gasteiger partial charge < -0.3 is 0 Å². The van der Waals surface area contributed by atoms with Crippen LogP contribution in [0.2, 0.25) is 5.02 Å². The summed E-state index contributed by atoms with van der Waals surface area (Å²) >= 11 is 7.57. The Bertz CT molecular complexity index is 299. The summed E-state index contributed by atoms with van der Waals surface area (Å²) < 4.78 is 25.1. The van der Waals surface area contributed by atoms with Gasteiger partial charge in [-0.3, -0.25) is 0 Å². The molecule has 0 saturated carbocycles. The first kappa shape index (κ1) is 10.2. The third-order valence-electron chi connectivity index (χ3n) is 1.51. The molecular formula is C8H6ClF2I. The van der Waals surface area contributed by atoms with Gasteiger partial charge in [0, 0.05) is 14.2 Å². The Kier molecular flexibility index (Phi) is 3.29. The summed E-state index contributed by atoms with van der Waals surface area (Å²) in [4.78, 5) is 0. The maximum Gasteiger partial charge on any atom is 0.264 e. The second-order valence-corrected chi connectivity index (χ2v) is 3.99. The minimum absolute atomic E-state index is 0.00574. The van der Waals surface area contributed by atoms with Gasteiger partial charge in [0.25, 0.3) is 6.43 Å². The van der Waals surface area contributed by atoms with Gasteiger partial charge in [0.15, 0.2) is 0 Å². The van der Waals surface area contributed by atoms with Crippen LogP contribution in [-0.4, -0.2) is 0 Å². The van der Waals surface area contributed by atoms with Gasteiger partial charge in [0.1, 0.15) is 0 Å². The molecule has 1 aromatic rings. The van der Waals surface area contributed by atoms with E-state index in [0.717, 1.165) is 5.56 Å². The highest BCUT2D eigenvalue weighted by molar-refractivity contribution is 14.1. The van der Waals surface area contributed by atoms with E-state index in [1.807, 2.05) is 22.6 Å². The molecule has 0 fully saturated rings. The normalized spacial score (nSPS) is 10.8. The van der Waals surface area contributed by atoms with E-state index in [1.54, 1.807) is 13.0 Å². The summed E-state index contributed by atoms with van der Waals surface area (Å²) in [6.45, 7) is 1.79. The molecule has 0 aromatic heterocycles. The standard InChI is InChI=1S/C8H6ClF2I/c1-4-2-7(12)5(8(10)11)3-6(4)9/h2-3,8H,1H3. The molecule has 0 aliphatic carbocycles. The maximum absolute atomic E-state index is 12.3. The Morgan fingerprint density at radius 2 is 2.00 bits per heavy atom. The van der Waals surface area contributed by atoms with Gasteiger partial charge in [-0.15, -0.1) is 0 Å². The highest BCUT2D eigenvalue weighted by atomic mass is 127. The van der Waals surface area contributed by atoms with Gasteiger partial charge in [-0.25, -0.2) is 8.78 Å². The summed E-state index contributed by atoms with van der Waals surface area (Å²) in [7, 11) is 0. The fourth-order valence-corrected chi connectivity index (χ4v) is 1.86. The van der Waals surface area contributed by atoms with E-state index in [-0.39, 0.29) is 5.56 Å². The van der Waals surface area contributed by atoms with Crippen LogP contribution in [0.3, 0.4) is 0 Å². The largest absolute Gasteiger partial charge is 0.264 e. The first-order valence-electron chi connectivity index (χ1n) is 3.26. The Morgan fingerprint density at radius 1 is 1.42 bits per heavy atom. The molecule has 0 amide bonds. The lowest BCUT2D eigenvalue weighted by Gasteiger charge is -2.05. The molecule has 1 aromatic carbocycles. The molecule has 4 heteroatoms. The maximum atomic E-state index is 12.3. The minimum Gasteiger partial charge on any atom is -0.205 e. The first-order valence-corrected chi connectivity index (χ1v) is 4.71. The van der Waals surface area contributed by atoms with Crippen LogP contribution in [0.4, 0.5) is 8.78 Å². The van der Waals surface area contributed by atoms with Crippen LogP contribution in [0, 0.1) is 10.5 Å². The van der Waals surface area contributed by atoms with E-state index >= 15 is 0 Å². The number of aryl methyl sites for hydroxylation is 1. The molecule has 0 bridgehead atoms. The van der Waals surface area contributed by atoms with E-state index in [0.29, 0.717) is 8.59 Å². The fourth-order valence-electron chi connectivity index (χ4n) is 0.829. The Hall–Kier alpha value is 0.1000. The summed E-state index contributed by atoms with van der Waals surface area (Å²) in [5.41, 5.74) is 0.830. The van der Waals surface area contributed by atoms with Gasteiger partial charge >= 0.3 is 0 Å². The number of rotatable bonds is 1. The molecule has 0 atom stereocenters. The molecule has 0 N–H and O–H groups in total. The van der Waals surface area contributed by atoms with E-state index in [2.05, 4.69) is 0 Å². The Morgan fingerprint density at radius 3 is 2.50 bits per heavy atom. The van der Waals surface area contributed by atoms with Crippen molar-refractivity contribution in [1.82, 2.24) is 0 Å². The summed E-state index contributed by atoms with van der Waals surface area (Å²) in [5.74, 6) is 0. The molecule has 12 heavy (non-hydrogen) atoms. The van der Waals surface area contributed by atoms with E-state index in [1.165, 1.54) is 6.07 Å². The van der Waals surface area contributed by atoms with Gasteiger partial charge in [-0.1, -0.05) is 11.6 Å². The van der Waals surface area contributed by atoms with Crippen LogP contribution >= 0.6 is 34.2 Å². The average molecular weight is 302 g/mol. The zero-order chi connectivity index (χ0) is 9.30. The monoisotopic (exact) mass is 302 g/mol. The van der Waals surface area contributed by atoms with Crippen molar-refractivity contribution in [2.24, 2.45) is 0 Å². The molecule has 0 aliphatic rings. The second kappa shape index (κ2) is 3.87. The minimum atomic E-state index is -2.45. The molecule has 0 nitrogen and oxygen atoms in total. The first-order chi connectivity index (χ1) is 5.52. The molecular weight excluding hydrogens is 296 g/mol. The Labute approximate surface area is 88.1 Å². The predicted molar refractivity (Wildman–Crippen MR) is 53.9 cm³/mol. The average Bonchev–Trinajstić information content (AvgIpc) is 1.96. The van der Waals surface area contributed by atoms with Crippen LogP contribution in [0.25, 0.3) is 0 Å². The van der Waals surface area contributed by atoms with E-state index < -0.39 is 6.43 Å². The number of alkyl halides is 2. The fraction of sp³-hybridized carbons (Fsp3) is 0.250. The molecule has 0 heterocycles. The smallest absolute Gasteiger partial charge is 0.205 e. The van der Waals surface area contributed by atoms with Crippen molar-refractivity contribution in [2.45, 2.75) is 13.3 Å². The van der Waals surface area contributed by atoms with Crippen LogP contribution < -0.4 is 0 Å². The van der Waals surface area contributed by atoms with Crippen molar-refractivity contribution in [1.29, 1.82) is 0 Å². The van der Waals surface area contributed by atoms with Gasteiger partial charge in [0.2, 0.25) is 0 Å². The van der Waals surface area contributed by atoms with Crippen molar-refractivity contribution in [3.63, 3.8) is 0 Å². The second-order valence-electron chi connectivity index (χ2n) is 2.42. The topological polar surface area (TPSA) is 0 Å². The van der Waals surface area contributed by atoms with Crippen molar-refractivity contribution in [3.05, 3.63) is 31.9 Å². The lowest BCUT2D eigenvalue weighted by atomic mass is 10.1. The number of halogens is 4. The van der Waals surface area contributed by atoms with Gasteiger partial charge in [0.05, 0.1) is 0 Å². The van der Waals surface area contributed by atoms with Crippen LogP contribution in [0.5, 0.6) is 0 Å². The van der Waals surface area contributed by atoms with Crippen molar-refractivity contribution in [3.8, 4) is 0 Å². The predicted octanol–water partition coefficient (Wildman–Crippen LogP) is 4.19. The third kappa shape index (κ3) is 2.07. The summed E-state index contributed by atoms with van der Waals surface area (Å²) in [6, 6.07) is 2.98. The van der Waals surface area contributed by atoms with Crippen LogP contribution in [-0.2, 0) is 0 Å². The number of hydrogen-bond donors (Lipinski definition) is 0. The van der Waals surface area contributed by atoms with Crippen LogP contribution in [0.1, 0.15) is 17.6 Å². The third-order valence-corrected chi connectivity index (χ3v) is 2.85. The molecule has 0 spiro atoms. The van der Waals surface area contributed by atoms with E-state index in [9.17, 15) is 8.78 Å². The van der Waals surface area contributed by atoms with Crippen molar-refractivity contribution in [2.75, 3.05) is 0 Å². The molecule has 66 valence electrons. The molecule has 1 rings (SSSR count). The Balaban J connectivity index is 3.23. The molecule has 0 radical (unpaired) electrons. The quantitative estimate of drug-likeness (QED) is 0.682. The summed E-state index contributed by atoms with van der Waals surface area (Å²) in [6.07, 6.45) is -2.45. The lowest BCUT2D eigenvalue weighted by Crippen LogP contribution is -1.90. The van der Waals surface area contributed by atoms with Crippen molar-refractivity contribution < 1.29 is 8.78 Å². The van der Waals surface area contributed by atoms with Crippen LogP contribution in [0.15, 0.2) is 12.1 Å². The lowest BCUT2D eigenvalue weighted by molar-refractivity contribution is 0.150. The number of benzene rings is 1. The molecule has 0 unspecified atom stereocenters. The van der Waals surface area contributed by atoms with Gasteiger partial charge in [-0.05, 0) is 47.2 Å². The zero-order valence-corrected chi connectivity index (χ0v) is 9.16. The highest BCUT2D eigenvalue weighted by Crippen LogP contribution is 2.29. The van der Waals surface area contributed by atoms with Crippen molar-refractivity contribution >= 4 is 34.2 Å². The number of hydrogen-bond acceptors (Lipinski definition) is 0. The zero-order valence-electron chi connectivity index (χ0n) is 6.24. The SMILES string of the molecule is Cc1cc(I)c(C(F)F)cc1Cl. The van der Waals surface area contributed by atoms with E-state index in [4.69, 9.17) is 11.6 Å².